The summed E-state index contributed by atoms with van der Waals surface area (Å²) in [6, 6.07) is 9.72. The highest BCUT2D eigenvalue weighted by Crippen LogP contribution is 2.22. The molecule has 0 fully saturated rings. The van der Waals surface area contributed by atoms with Crippen molar-refractivity contribution in [2.45, 2.75) is 59.4 Å². The molecule has 0 radical (unpaired) electrons. The lowest BCUT2D eigenvalue weighted by Crippen LogP contribution is -2.22. The van der Waals surface area contributed by atoms with Gasteiger partial charge >= 0.3 is 0 Å². The number of hydrogen-bond acceptors (Lipinski definition) is 1. The van der Waals surface area contributed by atoms with Gasteiger partial charge in [-0.2, -0.15) is 0 Å². The van der Waals surface area contributed by atoms with Crippen molar-refractivity contribution >= 4 is 0 Å². The number of unbranched alkanes of at least 4 members (excludes halogenated alkanes) is 1. The molecule has 1 aromatic carbocycles. The van der Waals surface area contributed by atoms with E-state index in [4.69, 9.17) is 0 Å². The Morgan fingerprint density at radius 3 is 2.22 bits per heavy atom. The normalized spacial score (nSPS) is 12.9. The number of rotatable bonds is 8. The summed E-state index contributed by atoms with van der Waals surface area (Å²) in [5.74, 6) is 0.730. The Morgan fingerprint density at radius 2 is 1.72 bits per heavy atom. The van der Waals surface area contributed by atoms with Gasteiger partial charge in [-0.15, -0.1) is 0 Å². The monoisotopic (exact) mass is 247 g/mol. The van der Waals surface area contributed by atoms with Crippen molar-refractivity contribution in [2.75, 3.05) is 6.54 Å². The predicted octanol–water partition coefficient (Wildman–Crippen LogP) is 4.73. The Bertz CT molecular complexity index is 313. The molecule has 102 valence electrons. The highest BCUT2D eigenvalue weighted by molar-refractivity contribution is 5.25. The van der Waals surface area contributed by atoms with Gasteiger partial charge < -0.3 is 5.32 Å². The molecule has 0 saturated carbocycles. The van der Waals surface area contributed by atoms with E-state index in [0.717, 1.165) is 12.5 Å². The minimum atomic E-state index is 0.509. The molecule has 0 aliphatic heterocycles. The minimum Gasteiger partial charge on any atom is -0.310 e. The fourth-order valence-electron chi connectivity index (χ4n) is 2.35. The number of benzene rings is 1. The third-order valence-electron chi connectivity index (χ3n) is 3.36. The second kappa shape index (κ2) is 8.31. The summed E-state index contributed by atoms with van der Waals surface area (Å²) >= 11 is 0. The van der Waals surface area contributed by atoms with Crippen molar-refractivity contribution in [2.24, 2.45) is 5.92 Å². The van der Waals surface area contributed by atoms with Gasteiger partial charge in [0.05, 0.1) is 0 Å². The lowest BCUT2D eigenvalue weighted by Gasteiger charge is -2.20. The van der Waals surface area contributed by atoms with E-state index < -0.39 is 0 Å². The lowest BCUT2D eigenvalue weighted by atomic mass is 9.95. The highest BCUT2D eigenvalue weighted by atomic mass is 14.9. The molecular formula is C17H29N. The Balaban J connectivity index is 2.67. The smallest absolute Gasteiger partial charge is 0.0322 e. The maximum Gasteiger partial charge on any atom is 0.0322 e. The summed E-state index contributed by atoms with van der Waals surface area (Å²) in [5.41, 5.74) is 2.91. The summed E-state index contributed by atoms with van der Waals surface area (Å²) in [6.45, 7) is 10.1. The van der Waals surface area contributed by atoms with E-state index in [2.05, 4.69) is 57.3 Å². The first kappa shape index (κ1) is 15.2. The van der Waals surface area contributed by atoms with Crippen molar-refractivity contribution in [3.63, 3.8) is 0 Å². The van der Waals surface area contributed by atoms with E-state index in [-0.39, 0.29) is 0 Å². The number of aryl methyl sites for hydroxylation is 1. The molecule has 1 nitrogen and oxygen atoms in total. The van der Waals surface area contributed by atoms with Gasteiger partial charge in [0.1, 0.15) is 0 Å². The molecular weight excluding hydrogens is 218 g/mol. The second-order valence-corrected chi connectivity index (χ2v) is 5.58. The van der Waals surface area contributed by atoms with E-state index in [0.29, 0.717) is 6.04 Å². The zero-order chi connectivity index (χ0) is 13.4. The first-order chi connectivity index (χ1) is 8.67. The second-order valence-electron chi connectivity index (χ2n) is 5.58. The zero-order valence-electron chi connectivity index (χ0n) is 12.5. The van der Waals surface area contributed by atoms with Gasteiger partial charge in [0.15, 0.2) is 0 Å². The minimum absolute atomic E-state index is 0.509. The molecule has 0 aliphatic carbocycles. The molecule has 1 aromatic rings. The van der Waals surface area contributed by atoms with Crippen LogP contribution in [0.15, 0.2) is 24.3 Å². The molecule has 0 amide bonds. The van der Waals surface area contributed by atoms with Crippen molar-refractivity contribution in [1.29, 1.82) is 0 Å². The van der Waals surface area contributed by atoms with Crippen LogP contribution in [0, 0.1) is 5.92 Å². The van der Waals surface area contributed by atoms with Crippen LogP contribution >= 0.6 is 0 Å². The van der Waals surface area contributed by atoms with Gasteiger partial charge in [0.25, 0.3) is 0 Å². The van der Waals surface area contributed by atoms with Gasteiger partial charge in [-0.25, -0.2) is 0 Å². The first-order valence-corrected chi connectivity index (χ1v) is 7.49. The van der Waals surface area contributed by atoms with E-state index in [1.54, 1.807) is 0 Å². The molecule has 1 N–H and O–H groups in total. The highest BCUT2D eigenvalue weighted by Gasteiger charge is 2.11. The van der Waals surface area contributed by atoms with Crippen LogP contribution in [-0.2, 0) is 6.42 Å². The Morgan fingerprint density at radius 1 is 1.06 bits per heavy atom. The van der Waals surface area contributed by atoms with Gasteiger partial charge in [0, 0.05) is 6.04 Å². The maximum atomic E-state index is 3.59. The van der Waals surface area contributed by atoms with Gasteiger partial charge in [0.2, 0.25) is 0 Å². The molecule has 0 heterocycles. The molecule has 18 heavy (non-hydrogen) atoms. The fraction of sp³-hybridized carbons (Fsp3) is 0.647. The molecule has 0 bridgehead atoms. The van der Waals surface area contributed by atoms with Crippen LogP contribution in [0.4, 0.5) is 0 Å². The lowest BCUT2D eigenvalue weighted by molar-refractivity contribution is 0.438. The number of nitrogens with one attached hydrogen (secondary N) is 1. The summed E-state index contributed by atoms with van der Waals surface area (Å²) in [4.78, 5) is 0. The third kappa shape index (κ3) is 5.22. The van der Waals surface area contributed by atoms with Crippen LogP contribution in [0.25, 0.3) is 0 Å². The van der Waals surface area contributed by atoms with Crippen LogP contribution in [0.1, 0.15) is 64.1 Å². The maximum absolute atomic E-state index is 3.59. The fourth-order valence-corrected chi connectivity index (χ4v) is 2.35. The largest absolute Gasteiger partial charge is 0.310 e. The van der Waals surface area contributed by atoms with Gasteiger partial charge in [-0.05, 0) is 42.9 Å². The first-order valence-electron chi connectivity index (χ1n) is 7.49. The molecule has 1 rings (SSSR count). The molecule has 0 saturated heterocycles. The molecule has 1 unspecified atom stereocenters. The van der Waals surface area contributed by atoms with Crippen LogP contribution < -0.4 is 5.32 Å². The van der Waals surface area contributed by atoms with E-state index in [1.807, 2.05) is 0 Å². The molecule has 0 aromatic heterocycles. The summed E-state index contributed by atoms with van der Waals surface area (Å²) in [7, 11) is 0. The summed E-state index contributed by atoms with van der Waals surface area (Å²) in [5, 5.41) is 3.59. The van der Waals surface area contributed by atoms with Gasteiger partial charge in [-0.3, -0.25) is 0 Å². The Hall–Kier alpha value is -0.820. The van der Waals surface area contributed by atoms with E-state index in [1.165, 1.54) is 36.8 Å². The van der Waals surface area contributed by atoms with E-state index >= 15 is 0 Å². The Labute approximate surface area is 113 Å². The molecule has 0 aliphatic rings. The topological polar surface area (TPSA) is 12.0 Å². The summed E-state index contributed by atoms with van der Waals surface area (Å²) < 4.78 is 0. The van der Waals surface area contributed by atoms with Crippen LogP contribution in [0.3, 0.4) is 0 Å². The Kier molecular flexibility index (Phi) is 7.04. The van der Waals surface area contributed by atoms with E-state index in [9.17, 15) is 0 Å². The van der Waals surface area contributed by atoms with Crippen molar-refractivity contribution < 1.29 is 0 Å². The van der Waals surface area contributed by atoms with Gasteiger partial charge in [-0.1, -0.05) is 58.4 Å². The van der Waals surface area contributed by atoms with Crippen LogP contribution in [0.5, 0.6) is 0 Å². The zero-order valence-corrected chi connectivity index (χ0v) is 12.5. The predicted molar refractivity (Wildman–Crippen MR) is 80.9 cm³/mol. The average molecular weight is 247 g/mol. The molecule has 0 spiro atoms. The van der Waals surface area contributed by atoms with Crippen molar-refractivity contribution in [1.82, 2.24) is 5.32 Å². The number of hydrogen-bond donors (Lipinski definition) is 1. The average Bonchev–Trinajstić information content (AvgIpc) is 2.36. The standard InChI is InChI=1S/C17H29N/c1-5-7-8-15-9-11-16(12-10-15)17(18-6-2)13-14(3)4/h9-12,14,17-18H,5-8,13H2,1-4H3. The van der Waals surface area contributed by atoms with Crippen molar-refractivity contribution in [3.05, 3.63) is 35.4 Å². The quantitative estimate of drug-likeness (QED) is 0.700. The van der Waals surface area contributed by atoms with Crippen LogP contribution in [0.2, 0.25) is 0 Å². The summed E-state index contributed by atoms with van der Waals surface area (Å²) in [6.07, 6.45) is 4.99. The molecule has 1 heteroatoms. The van der Waals surface area contributed by atoms with Crippen molar-refractivity contribution in [3.8, 4) is 0 Å². The SMILES string of the molecule is CCCCc1ccc(C(CC(C)C)NCC)cc1. The third-order valence-corrected chi connectivity index (χ3v) is 3.36. The molecule has 1 atom stereocenters. The van der Waals surface area contributed by atoms with Crippen LogP contribution in [-0.4, -0.2) is 6.54 Å².